The van der Waals surface area contributed by atoms with Crippen molar-refractivity contribution >= 4 is 22.4 Å². The smallest absolute Gasteiger partial charge is 0.322 e. The maximum absolute atomic E-state index is 12.1. The summed E-state index contributed by atoms with van der Waals surface area (Å²) in [7, 11) is 0. The average Bonchev–Trinajstić information content (AvgIpc) is 2.77. The second-order valence-electron chi connectivity index (χ2n) is 4.35. The van der Waals surface area contributed by atoms with Crippen LogP contribution in [0.15, 0.2) is 0 Å². The Hall–Kier alpha value is -1.58. The second kappa shape index (κ2) is 6.04. The molecule has 0 bridgehead atoms. The van der Waals surface area contributed by atoms with Gasteiger partial charge in [0.05, 0.1) is 5.56 Å². The molecule has 19 heavy (non-hydrogen) atoms. The third-order valence-corrected chi connectivity index (χ3v) is 4.46. The van der Waals surface area contributed by atoms with Crippen LogP contribution in [0.2, 0.25) is 0 Å². The molecular formula is C13H18N4OS. The topological polar surface area (TPSA) is 68.2 Å². The standard InChI is InChI=1S/C13H18N4OS/c1-3-17(4-2)13(18)16-12-10(7-14)9-5-6-15-8-11(9)19-12/h15H,3-6,8H2,1-2H3,(H,16,18). The Morgan fingerprint density at radius 3 is 2.89 bits per heavy atom. The molecule has 0 saturated heterocycles. The Balaban J connectivity index is 2.23. The molecule has 0 radical (unpaired) electrons. The average molecular weight is 278 g/mol. The number of hydrogen-bond acceptors (Lipinski definition) is 4. The van der Waals surface area contributed by atoms with Gasteiger partial charge in [-0.1, -0.05) is 0 Å². The van der Waals surface area contributed by atoms with Crippen molar-refractivity contribution < 1.29 is 4.79 Å². The minimum atomic E-state index is -0.131. The molecule has 0 atom stereocenters. The number of anilines is 1. The number of carbonyl (C=O) groups excluding carboxylic acids is 1. The lowest BCUT2D eigenvalue weighted by Gasteiger charge is -2.18. The van der Waals surface area contributed by atoms with E-state index in [4.69, 9.17) is 0 Å². The molecule has 0 unspecified atom stereocenters. The van der Waals surface area contributed by atoms with Crippen LogP contribution in [0.25, 0.3) is 0 Å². The molecule has 1 aromatic rings. The van der Waals surface area contributed by atoms with Crippen LogP contribution in [0.5, 0.6) is 0 Å². The van der Waals surface area contributed by atoms with E-state index in [0.29, 0.717) is 23.7 Å². The van der Waals surface area contributed by atoms with Crippen LogP contribution >= 0.6 is 11.3 Å². The number of hydrogen-bond donors (Lipinski definition) is 2. The quantitative estimate of drug-likeness (QED) is 0.890. The molecule has 0 aliphatic carbocycles. The van der Waals surface area contributed by atoms with Crippen molar-refractivity contribution in [3.8, 4) is 6.07 Å². The summed E-state index contributed by atoms with van der Waals surface area (Å²) >= 11 is 1.51. The van der Waals surface area contributed by atoms with E-state index in [0.717, 1.165) is 30.0 Å². The van der Waals surface area contributed by atoms with Gasteiger partial charge in [0.2, 0.25) is 0 Å². The first kappa shape index (κ1) is 13.8. The third kappa shape index (κ3) is 2.72. The predicted molar refractivity (Wildman–Crippen MR) is 76.4 cm³/mol. The lowest BCUT2D eigenvalue weighted by molar-refractivity contribution is 0.217. The zero-order valence-electron chi connectivity index (χ0n) is 11.2. The minimum Gasteiger partial charge on any atom is -0.325 e. The first-order valence-electron chi connectivity index (χ1n) is 6.52. The summed E-state index contributed by atoms with van der Waals surface area (Å²) in [5.41, 5.74) is 1.74. The molecule has 1 aromatic heterocycles. The van der Waals surface area contributed by atoms with E-state index in [1.807, 2.05) is 13.8 Å². The zero-order chi connectivity index (χ0) is 13.8. The first-order valence-corrected chi connectivity index (χ1v) is 7.34. The van der Waals surface area contributed by atoms with Gasteiger partial charge in [-0.05, 0) is 32.4 Å². The molecule has 2 N–H and O–H groups in total. The number of nitrogens with zero attached hydrogens (tertiary/aromatic N) is 2. The van der Waals surface area contributed by atoms with Gasteiger partial charge in [0.1, 0.15) is 11.1 Å². The van der Waals surface area contributed by atoms with Gasteiger partial charge in [0.15, 0.2) is 0 Å². The van der Waals surface area contributed by atoms with Gasteiger partial charge in [-0.3, -0.25) is 5.32 Å². The highest BCUT2D eigenvalue weighted by Crippen LogP contribution is 2.34. The molecule has 0 fully saturated rings. The molecule has 2 heterocycles. The van der Waals surface area contributed by atoms with Crippen LogP contribution in [-0.2, 0) is 13.0 Å². The number of nitriles is 1. The highest BCUT2D eigenvalue weighted by molar-refractivity contribution is 7.16. The van der Waals surface area contributed by atoms with Crippen molar-refractivity contribution in [3.63, 3.8) is 0 Å². The summed E-state index contributed by atoms with van der Waals surface area (Å²) in [6.45, 7) is 6.89. The highest BCUT2D eigenvalue weighted by Gasteiger charge is 2.22. The van der Waals surface area contributed by atoms with Gasteiger partial charge >= 0.3 is 6.03 Å². The van der Waals surface area contributed by atoms with Gasteiger partial charge in [-0.25, -0.2) is 4.79 Å². The van der Waals surface area contributed by atoms with Gasteiger partial charge in [-0.2, -0.15) is 5.26 Å². The Morgan fingerprint density at radius 1 is 1.53 bits per heavy atom. The van der Waals surface area contributed by atoms with Gasteiger partial charge < -0.3 is 10.2 Å². The summed E-state index contributed by atoms with van der Waals surface area (Å²) in [5.74, 6) is 0. The fraction of sp³-hybridized carbons (Fsp3) is 0.538. The summed E-state index contributed by atoms with van der Waals surface area (Å²) in [4.78, 5) is 14.9. The Kier molecular flexibility index (Phi) is 4.40. The summed E-state index contributed by atoms with van der Waals surface area (Å²) in [6, 6.07) is 2.10. The molecule has 2 rings (SSSR count). The van der Waals surface area contributed by atoms with E-state index >= 15 is 0 Å². The molecule has 0 aromatic carbocycles. The van der Waals surface area contributed by atoms with Crippen molar-refractivity contribution in [1.29, 1.82) is 5.26 Å². The summed E-state index contributed by atoms with van der Waals surface area (Å²) in [5, 5.41) is 16.1. The van der Waals surface area contributed by atoms with Crippen molar-refractivity contribution in [2.75, 3.05) is 25.0 Å². The SMILES string of the molecule is CCN(CC)C(=O)Nc1sc2c(c1C#N)CCNC2. The monoisotopic (exact) mass is 278 g/mol. The van der Waals surface area contributed by atoms with E-state index < -0.39 is 0 Å². The van der Waals surface area contributed by atoms with E-state index in [2.05, 4.69) is 16.7 Å². The normalized spacial score (nSPS) is 13.5. The van der Waals surface area contributed by atoms with Crippen LogP contribution in [0.4, 0.5) is 9.80 Å². The first-order chi connectivity index (χ1) is 9.21. The fourth-order valence-corrected chi connectivity index (χ4v) is 3.39. The van der Waals surface area contributed by atoms with E-state index in [-0.39, 0.29) is 6.03 Å². The second-order valence-corrected chi connectivity index (χ2v) is 5.45. The van der Waals surface area contributed by atoms with E-state index in [1.165, 1.54) is 11.3 Å². The number of carbonyl (C=O) groups is 1. The number of rotatable bonds is 3. The van der Waals surface area contributed by atoms with Crippen LogP contribution in [-0.4, -0.2) is 30.6 Å². The summed E-state index contributed by atoms with van der Waals surface area (Å²) < 4.78 is 0. The maximum atomic E-state index is 12.1. The van der Waals surface area contributed by atoms with Crippen LogP contribution < -0.4 is 10.6 Å². The van der Waals surface area contributed by atoms with Crippen LogP contribution in [0.3, 0.4) is 0 Å². The summed E-state index contributed by atoms with van der Waals surface area (Å²) in [6.07, 6.45) is 0.857. The van der Waals surface area contributed by atoms with Crippen molar-refractivity contribution in [1.82, 2.24) is 10.2 Å². The largest absolute Gasteiger partial charge is 0.325 e. The Bertz CT molecular complexity index is 513. The fourth-order valence-electron chi connectivity index (χ4n) is 2.23. The van der Waals surface area contributed by atoms with Crippen molar-refractivity contribution in [3.05, 3.63) is 16.0 Å². The Labute approximate surface area is 117 Å². The number of urea groups is 1. The molecule has 102 valence electrons. The molecule has 6 heteroatoms. The van der Waals surface area contributed by atoms with E-state index in [9.17, 15) is 10.1 Å². The predicted octanol–water partition coefficient (Wildman–Crippen LogP) is 2.14. The van der Waals surface area contributed by atoms with Gasteiger partial charge in [0, 0.05) is 24.5 Å². The van der Waals surface area contributed by atoms with Gasteiger partial charge in [0.25, 0.3) is 0 Å². The van der Waals surface area contributed by atoms with Crippen molar-refractivity contribution in [2.45, 2.75) is 26.8 Å². The van der Waals surface area contributed by atoms with Crippen LogP contribution in [0.1, 0.15) is 29.9 Å². The Morgan fingerprint density at radius 2 is 2.26 bits per heavy atom. The molecule has 0 spiro atoms. The molecular weight excluding hydrogens is 260 g/mol. The zero-order valence-corrected chi connectivity index (χ0v) is 12.1. The molecule has 5 nitrogen and oxygen atoms in total. The van der Waals surface area contributed by atoms with Crippen LogP contribution in [0, 0.1) is 11.3 Å². The maximum Gasteiger partial charge on any atom is 0.322 e. The van der Waals surface area contributed by atoms with Gasteiger partial charge in [-0.15, -0.1) is 11.3 Å². The molecule has 1 aliphatic heterocycles. The number of thiophene rings is 1. The minimum absolute atomic E-state index is 0.131. The number of amides is 2. The molecule has 1 aliphatic rings. The molecule has 0 saturated carbocycles. The number of fused-ring (bicyclic) bond motifs is 1. The highest BCUT2D eigenvalue weighted by atomic mass is 32.1. The third-order valence-electron chi connectivity index (χ3n) is 3.31. The lowest BCUT2D eigenvalue weighted by atomic mass is 10.1. The molecule has 2 amide bonds. The number of nitrogens with one attached hydrogen (secondary N) is 2. The van der Waals surface area contributed by atoms with Crippen molar-refractivity contribution in [2.24, 2.45) is 0 Å². The lowest BCUT2D eigenvalue weighted by Crippen LogP contribution is -2.34. The van der Waals surface area contributed by atoms with E-state index in [1.54, 1.807) is 4.90 Å².